The Balaban J connectivity index is 1.94. The first kappa shape index (κ1) is 29.0. The van der Waals surface area contributed by atoms with E-state index in [-0.39, 0.29) is 16.7 Å². The van der Waals surface area contributed by atoms with E-state index in [0.29, 0.717) is 0 Å². The van der Waals surface area contributed by atoms with Crippen LogP contribution in [-0.2, 0) is 4.74 Å². The Bertz CT molecular complexity index is 424. The summed E-state index contributed by atoms with van der Waals surface area (Å²) in [7, 11) is 2.27. The van der Waals surface area contributed by atoms with E-state index in [1.165, 1.54) is 103 Å². The van der Waals surface area contributed by atoms with Crippen molar-refractivity contribution in [2.24, 2.45) is 0 Å². The molecule has 1 heterocycles. The number of rotatable bonds is 18. The molecule has 0 aromatic carbocycles. The average molecular weight is 438 g/mol. The Morgan fingerprint density at radius 1 is 0.548 bits per heavy atom. The third-order valence-electron chi connectivity index (χ3n) is 7.88. The molecule has 1 rings (SSSR count). The normalized spacial score (nSPS) is 20.2. The molecule has 0 amide bonds. The highest BCUT2D eigenvalue weighted by Crippen LogP contribution is 2.44. The lowest BCUT2D eigenvalue weighted by Crippen LogP contribution is -2.63. The van der Waals surface area contributed by atoms with E-state index in [9.17, 15) is 0 Å². The fraction of sp³-hybridized carbons (Fsp3) is 1.00. The minimum absolute atomic E-state index is 0.0228. The molecule has 0 unspecified atom stereocenters. The third kappa shape index (κ3) is 12.1. The van der Waals surface area contributed by atoms with Gasteiger partial charge >= 0.3 is 0 Å². The Hall–Kier alpha value is -0.0800. The van der Waals surface area contributed by atoms with Gasteiger partial charge in [-0.3, -0.25) is 4.90 Å². The molecule has 1 aliphatic heterocycles. The van der Waals surface area contributed by atoms with Gasteiger partial charge in [-0.25, -0.2) is 0 Å². The molecule has 0 spiro atoms. The molecule has 2 nitrogen and oxygen atoms in total. The molecule has 31 heavy (non-hydrogen) atoms. The summed E-state index contributed by atoms with van der Waals surface area (Å²) in [6, 6.07) is 0. The second kappa shape index (κ2) is 14.9. The first-order chi connectivity index (χ1) is 14.6. The van der Waals surface area contributed by atoms with E-state index in [0.717, 1.165) is 19.4 Å². The number of likely N-dealkylation sites (tertiary alicyclic amines) is 1. The van der Waals surface area contributed by atoms with Crippen LogP contribution >= 0.6 is 0 Å². The van der Waals surface area contributed by atoms with Gasteiger partial charge in [-0.2, -0.15) is 0 Å². The predicted octanol–water partition coefficient (Wildman–Crippen LogP) is 9.31. The Kier molecular flexibility index (Phi) is 14.0. The lowest BCUT2D eigenvalue weighted by atomic mass is 9.72. The van der Waals surface area contributed by atoms with Crippen LogP contribution < -0.4 is 0 Å². The predicted molar refractivity (Wildman–Crippen MR) is 139 cm³/mol. The second-order valence-corrected chi connectivity index (χ2v) is 12.1. The largest absolute Gasteiger partial charge is 0.375 e. The average Bonchev–Trinajstić information content (AvgIpc) is 2.68. The van der Waals surface area contributed by atoms with Gasteiger partial charge in [-0.1, -0.05) is 103 Å². The molecule has 2 heteroatoms. The van der Waals surface area contributed by atoms with E-state index >= 15 is 0 Å². The van der Waals surface area contributed by atoms with Crippen LogP contribution in [0.15, 0.2) is 0 Å². The maximum absolute atomic E-state index is 6.48. The van der Waals surface area contributed by atoms with Crippen molar-refractivity contribution in [1.29, 1.82) is 0 Å². The van der Waals surface area contributed by atoms with Gasteiger partial charge < -0.3 is 4.74 Å². The van der Waals surface area contributed by atoms with Crippen LogP contribution in [0.4, 0.5) is 0 Å². The Morgan fingerprint density at radius 3 is 1.23 bits per heavy atom. The number of ether oxygens (including phenoxy) is 1. The van der Waals surface area contributed by atoms with Crippen molar-refractivity contribution < 1.29 is 4.74 Å². The van der Waals surface area contributed by atoms with Gasteiger partial charge in [0.2, 0.25) is 0 Å². The molecule has 0 radical (unpaired) electrons. The second-order valence-electron chi connectivity index (χ2n) is 12.1. The van der Waals surface area contributed by atoms with Gasteiger partial charge in [0, 0.05) is 17.7 Å². The van der Waals surface area contributed by atoms with E-state index in [4.69, 9.17) is 4.74 Å². The summed E-state index contributed by atoms with van der Waals surface area (Å²) in [6.07, 6.45) is 25.0. The van der Waals surface area contributed by atoms with Crippen molar-refractivity contribution in [3.8, 4) is 0 Å². The molecular formula is C29H59NO. The summed E-state index contributed by atoms with van der Waals surface area (Å²) in [5.41, 5.74) is 0.422. The van der Waals surface area contributed by atoms with Crippen LogP contribution in [-0.4, -0.2) is 35.2 Å². The van der Waals surface area contributed by atoms with Gasteiger partial charge in [0.15, 0.2) is 0 Å². The molecule has 0 atom stereocenters. The minimum atomic E-state index is 0.0228. The van der Waals surface area contributed by atoms with Crippen LogP contribution in [0.25, 0.3) is 0 Å². The summed E-state index contributed by atoms with van der Waals surface area (Å²) >= 11 is 0. The quantitative estimate of drug-likeness (QED) is 0.198. The van der Waals surface area contributed by atoms with E-state index in [1.807, 2.05) is 0 Å². The Morgan fingerprint density at radius 2 is 0.871 bits per heavy atom. The molecular weight excluding hydrogens is 378 g/mol. The fourth-order valence-electron chi connectivity index (χ4n) is 6.02. The summed E-state index contributed by atoms with van der Waals surface area (Å²) in [4.78, 5) is 2.54. The summed E-state index contributed by atoms with van der Waals surface area (Å²) in [5.74, 6) is 0. The van der Waals surface area contributed by atoms with Crippen LogP contribution in [0.5, 0.6) is 0 Å². The SMILES string of the molecule is CCCCCCCCCCCCCCCCCCOC1(C)CC(C)(C)N(C)C(C)(C)C1. The monoisotopic (exact) mass is 437 g/mol. The third-order valence-corrected chi connectivity index (χ3v) is 7.88. The molecule has 0 aliphatic carbocycles. The smallest absolute Gasteiger partial charge is 0.0689 e. The number of hydrogen-bond acceptors (Lipinski definition) is 2. The Labute approximate surface area is 197 Å². The van der Waals surface area contributed by atoms with Gasteiger partial charge in [0.25, 0.3) is 0 Å². The highest BCUT2D eigenvalue weighted by molar-refractivity contribution is 5.04. The van der Waals surface area contributed by atoms with E-state index in [2.05, 4.69) is 53.5 Å². The van der Waals surface area contributed by atoms with Crippen molar-refractivity contribution in [2.45, 2.75) is 174 Å². The topological polar surface area (TPSA) is 12.5 Å². The first-order valence-electron chi connectivity index (χ1n) is 14.0. The zero-order chi connectivity index (χ0) is 23.2. The lowest BCUT2D eigenvalue weighted by Gasteiger charge is -2.57. The van der Waals surface area contributed by atoms with Crippen molar-refractivity contribution in [2.75, 3.05) is 13.7 Å². The van der Waals surface area contributed by atoms with Crippen molar-refractivity contribution >= 4 is 0 Å². The van der Waals surface area contributed by atoms with Crippen LogP contribution in [0, 0.1) is 0 Å². The highest BCUT2D eigenvalue weighted by Gasteiger charge is 2.49. The van der Waals surface area contributed by atoms with Crippen LogP contribution in [0.2, 0.25) is 0 Å². The van der Waals surface area contributed by atoms with Gasteiger partial charge in [-0.15, -0.1) is 0 Å². The zero-order valence-electron chi connectivity index (χ0n) is 22.8. The number of unbranched alkanes of at least 4 members (excludes halogenated alkanes) is 15. The van der Waals surface area contributed by atoms with Crippen LogP contribution in [0.3, 0.4) is 0 Å². The summed E-state index contributed by atoms with van der Waals surface area (Å²) < 4.78 is 6.48. The van der Waals surface area contributed by atoms with Gasteiger partial charge in [-0.05, 0) is 60.9 Å². The van der Waals surface area contributed by atoms with Crippen molar-refractivity contribution in [1.82, 2.24) is 4.90 Å². The fourth-order valence-corrected chi connectivity index (χ4v) is 6.02. The molecule has 1 saturated heterocycles. The van der Waals surface area contributed by atoms with E-state index in [1.54, 1.807) is 0 Å². The number of piperidine rings is 1. The van der Waals surface area contributed by atoms with E-state index < -0.39 is 0 Å². The maximum Gasteiger partial charge on any atom is 0.0689 e. The standard InChI is InChI=1S/C29H59NO/c1-8-9-10-11-12-13-14-15-16-17-18-19-20-21-22-23-24-31-29(6)25-27(2,3)30(7)28(4,5)26-29/h8-26H2,1-7H3. The van der Waals surface area contributed by atoms with Gasteiger partial charge in [0.1, 0.15) is 0 Å². The zero-order valence-corrected chi connectivity index (χ0v) is 22.8. The summed E-state index contributed by atoms with van der Waals surface area (Å²) in [6.45, 7) is 15.0. The lowest BCUT2D eigenvalue weighted by molar-refractivity contribution is -0.147. The maximum atomic E-state index is 6.48. The number of nitrogens with zero attached hydrogens (tertiary/aromatic N) is 1. The van der Waals surface area contributed by atoms with Crippen molar-refractivity contribution in [3.63, 3.8) is 0 Å². The summed E-state index contributed by atoms with van der Waals surface area (Å²) in [5, 5.41) is 0. The minimum Gasteiger partial charge on any atom is -0.375 e. The molecule has 0 aromatic rings. The number of hydrogen-bond donors (Lipinski definition) is 0. The molecule has 186 valence electrons. The molecule has 0 bridgehead atoms. The highest BCUT2D eigenvalue weighted by atomic mass is 16.5. The first-order valence-corrected chi connectivity index (χ1v) is 14.0. The molecule has 1 fully saturated rings. The van der Waals surface area contributed by atoms with Gasteiger partial charge in [0.05, 0.1) is 5.60 Å². The van der Waals surface area contributed by atoms with Crippen LogP contribution in [0.1, 0.15) is 157 Å². The molecule has 1 aliphatic rings. The molecule has 0 aromatic heterocycles. The van der Waals surface area contributed by atoms with Crippen molar-refractivity contribution in [3.05, 3.63) is 0 Å². The molecule has 0 N–H and O–H groups in total. The molecule has 0 saturated carbocycles.